The zero-order chi connectivity index (χ0) is 53.9. The van der Waals surface area contributed by atoms with Crippen molar-refractivity contribution in [3.63, 3.8) is 0 Å². The quantitative estimate of drug-likeness (QED) is 0.0556. The van der Waals surface area contributed by atoms with Crippen molar-refractivity contribution in [3.8, 4) is 40.1 Å². The molecular formula is C49H64N12O11S. The average Bonchev–Trinajstić information content (AvgIpc) is 3.34. The molecule has 1 aliphatic heterocycles. The number of amides is 5. The zero-order valence-corrected chi connectivity index (χ0v) is 42.5. The van der Waals surface area contributed by atoms with E-state index in [0.717, 1.165) is 10.5 Å². The normalized spacial score (nSPS) is 17.3. The number of hydrogen-bond donors (Lipinski definition) is 10. The third-order valence-corrected chi connectivity index (χ3v) is 12.4. The van der Waals surface area contributed by atoms with Gasteiger partial charge in [-0.3, -0.25) is 24.0 Å². The van der Waals surface area contributed by atoms with Gasteiger partial charge >= 0.3 is 0 Å². The summed E-state index contributed by atoms with van der Waals surface area (Å²) >= 11 is 0. The summed E-state index contributed by atoms with van der Waals surface area (Å²) in [7, 11) is -3.27. The number of aliphatic hydroxyl groups excluding tert-OH is 2. The topological polar surface area (TPSA) is 369 Å². The van der Waals surface area contributed by atoms with Gasteiger partial charge in [-0.2, -0.15) is 18.4 Å². The number of fused-ring (bicyclic) bond motifs is 5. The van der Waals surface area contributed by atoms with Crippen molar-refractivity contribution < 1.29 is 52.1 Å². The summed E-state index contributed by atoms with van der Waals surface area (Å²) < 4.78 is 38.8. The van der Waals surface area contributed by atoms with Crippen LogP contribution in [0.2, 0.25) is 0 Å². The molecule has 6 unspecified atom stereocenters. The second-order valence-electron chi connectivity index (χ2n) is 18.6. The van der Waals surface area contributed by atoms with E-state index in [4.69, 9.17) is 26.1 Å². The molecule has 0 fully saturated rings. The fourth-order valence-electron chi connectivity index (χ4n) is 7.80. The maximum absolute atomic E-state index is 14.9. The van der Waals surface area contributed by atoms with E-state index in [1.165, 1.54) is 38.2 Å². The molecule has 6 atom stereocenters. The molecule has 1 aliphatic rings. The first-order chi connectivity index (χ1) is 34.3. The summed E-state index contributed by atoms with van der Waals surface area (Å²) in [5.74, 6) is -3.78. The van der Waals surface area contributed by atoms with Crippen molar-refractivity contribution >= 4 is 39.7 Å². The lowest BCUT2D eigenvalue weighted by molar-refractivity contribution is -0.141. The number of likely N-dealkylation sites (N-methyl/N-ethyl adjacent to an activating group) is 1. The maximum atomic E-state index is 14.9. The number of nitrogens with one attached hydrogen (secondary N) is 5. The number of nitriles is 1. The smallest absolute Gasteiger partial charge is 0.274 e. The Morgan fingerprint density at radius 3 is 2.03 bits per heavy atom. The Kier molecular flexibility index (Phi) is 19.1. The molecule has 5 amide bonds. The standard InChI is InChI=1S/C49H64N12O11S/c1-26-41(27(2)57-43(56-26)30-9-12-32(13-10-30)49(4,5)6)46(66)60-38(23-55-73(53,69)70)48(68)61(7)42-31-11-15-40(72-25-34(63)22-52)36(20-31)35-18-29(8-14-39(35)71-24-33(62)21-51)19-37(45(65)54-17-16-50)59-44(64)28(3)58-47(42)67/h8-15,18,20,28,33-34,37-38,42,55,62-63H,17,19,21-25,51-52H2,1-7H3,(H,54,65)(H,58,67)(H,59,64)(H,60,66)(H2,53,69,70). The van der Waals surface area contributed by atoms with Crippen LogP contribution in [0.5, 0.6) is 11.5 Å². The van der Waals surface area contributed by atoms with Gasteiger partial charge in [0.25, 0.3) is 16.1 Å². The summed E-state index contributed by atoms with van der Waals surface area (Å²) in [6, 6.07) is 12.5. The lowest BCUT2D eigenvalue weighted by atomic mass is 9.86. The first-order valence-corrected chi connectivity index (χ1v) is 24.8. The highest BCUT2D eigenvalue weighted by Gasteiger charge is 2.37. The van der Waals surface area contributed by atoms with E-state index in [9.17, 15) is 47.9 Å². The lowest BCUT2D eigenvalue weighted by Crippen LogP contribution is -2.57. The molecule has 13 N–H and O–H groups in total. The highest BCUT2D eigenvalue weighted by Crippen LogP contribution is 2.40. The molecule has 0 radical (unpaired) electrons. The van der Waals surface area contributed by atoms with Crippen LogP contribution in [0.15, 0.2) is 60.7 Å². The summed E-state index contributed by atoms with van der Waals surface area (Å²) in [6.07, 6.45) is -2.35. The summed E-state index contributed by atoms with van der Waals surface area (Å²) in [4.78, 5) is 81.3. The Morgan fingerprint density at radius 1 is 0.904 bits per heavy atom. The maximum Gasteiger partial charge on any atom is 0.274 e. The molecular weight excluding hydrogens is 965 g/mol. The van der Waals surface area contributed by atoms with E-state index in [1.807, 2.05) is 30.3 Å². The molecule has 0 saturated carbocycles. The Hall–Kier alpha value is -7.11. The highest BCUT2D eigenvalue weighted by molar-refractivity contribution is 7.87. The Morgan fingerprint density at radius 2 is 1.48 bits per heavy atom. The zero-order valence-electron chi connectivity index (χ0n) is 41.7. The van der Waals surface area contributed by atoms with Crippen LogP contribution in [0.25, 0.3) is 22.5 Å². The van der Waals surface area contributed by atoms with Crippen LogP contribution < -0.4 is 52.1 Å². The van der Waals surface area contributed by atoms with Crippen LogP contribution in [-0.2, 0) is 41.2 Å². The first kappa shape index (κ1) is 56.8. The van der Waals surface area contributed by atoms with Crippen molar-refractivity contribution in [2.45, 2.75) is 89.8 Å². The van der Waals surface area contributed by atoms with E-state index >= 15 is 0 Å². The van der Waals surface area contributed by atoms with E-state index < -0.39 is 82.7 Å². The van der Waals surface area contributed by atoms with Gasteiger partial charge in [-0.25, -0.2) is 15.1 Å². The molecule has 4 aromatic rings. The monoisotopic (exact) mass is 1030 g/mol. The van der Waals surface area contributed by atoms with Gasteiger partial charge in [0.15, 0.2) is 5.82 Å². The Labute approximate surface area is 423 Å². The van der Waals surface area contributed by atoms with Crippen molar-refractivity contribution in [1.82, 2.24) is 40.9 Å². The largest absolute Gasteiger partial charge is 0.490 e. The van der Waals surface area contributed by atoms with Gasteiger partial charge in [0.1, 0.15) is 67.6 Å². The van der Waals surface area contributed by atoms with Gasteiger partial charge in [-0.05, 0) is 67.1 Å². The number of hydrogen-bond acceptors (Lipinski definition) is 16. The van der Waals surface area contributed by atoms with Gasteiger partial charge in [-0.15, -0.1) is 0 Å². The lowest BCUT2D eigenvalue weighted by Gasteiger charge is -2.33. The minimum absolute atomic E-state index is 0.0134. The SMILES string of the molecule is Cc1nc(-c2ccc(C(C)(C)C)cc2)nc(C)c1C(=O)NC(CNS(N)(=O)=O)C(=O)N(C)C1C(=O)NC(C)C(=O)NC(C(=O)NCC#N)Cc2ccc(OCC(O)CN)c(c2)-c2cc1ccc2OCC(O)CN. The molecule has 1 aromatic heterocycles. The third-order valence-electron chi connectivity index (χ3n) is 11.8. The molecule has 73 heavy (non-hydrogen) atoms. The number of nitrogens with zero attached hydrogens (tertiary/aromatic N) is 4. The van der Waals surface area contributed by atoms with Gasteiger partial charge in [0.2, 0.25) is 23.6 Å². The molecule has 23 nitrogen and oxygen atoms in total. The summed E-state index contributed by atoms with van der Waals surface area (Å²) in [5.41, 5.74) is 14.5. The number of benzene rings is 3. The molecule has 5 rings (SSSR count). The molecule has 4 bridgehead atoms. The van der Waals surface area contributed by atoms with E-state index in [-0.39, 0.29) is 89.8 Å². The molecule has 2 heterocycles. The Bertz CT molecular complexity index is 2810. The van der Waals surface area contributed by atoms with Crippen LogP contribution >= 0.6 is 0 Å². The third kappa shape index (κ3) is 15.0. The fourth-order valence-corrected chi connectivity index (χ4v) is 8.20. The van der Waals surface area contributed by atoms with Crippen LogP contribution in [0.1, 0.15) is 72.2 Å². The van der Waals surface area contributed by atoms with Crippen LogP contribution in [-0.4, -0.2) is 140 Å². The number of carbonyl (C=O) groups is 5. The van der Waals surface area contributed by atoms with Crippen LogP contribution in [0, 0.1) is 25.2 Å². The number of rotatable bonds is 18. The van der Waals surface area contributed by atoms with Crippen LogP contribution in [0.4, 0.5) is 0 Å². The minimum Gasteiger partial charge on any atom is -0.490 e. The van der Waals surface area contributed by atoms with Gasteiger partial charge < -0.3 is 57.3 Å². The fraction of sp³-hybridized carbons (Fsp3) is 0.429. The number of aliphatic hydroxyl groups is 2. The van der Waals surface area contributed by atoms with Crippen molar-refractivity contribution in [2.24, 2.45) is 16.6 Å². The molecule has 3 aromatic carbocycles. The van der Waals surface area contributed by atoms with Gasteiger partial charge in [0.05, 0.1) is 23.0 Å². The minimum atomic E-state index is -4.48. The predicted molar refractivity (Wildman–Crippen MR) is 268 cm³/mol. The number of carbonyl (C=O) groups excluding carboxylic acids is 5. The van der Waals surface area contributed by atoms with Crippen molar-refractivity contribution in [1.29, 1.82) is 5.26 Å². The molecule has 392 valence electrons. The number of aromatic nitrogens is 2. The van der Waals surface area contributed by atoms with Gasteiger partial charge in [-0.1, -0.05) is 57.2 Å². The van der Waals surface area contributed by atoms with E-state index in [2.05, 4.69) is 56.7 Å². The van der Waals surface area contributed by atoms with Crippen LogP contribution in [0.3, 0.4) is 0 Å². The second kappa shape index (κ2) is 24.5. The molecule has 0 spiro atoms. The van der Waals surface area contributed by atoms with E-state index in [1.54, 1.807) is 26.0 Å². The molecule has 24 heteroatoms. The second-order valence-corrected chi connectivity index (χ2v) is 19.9. The Balaban J connectivity index is 1.65. The number of ether oxygens (including phenoxy) is 2. The molecule has 0 saturated heterocycles. The van der Waals surface area contributed by atoms with E-state index in [0.29, 0.717) is 17.0 Å². The highest BCUT2D eigenvalue weighted by atomic mass is 32.2. The summed E-state index contributed by atoms with van der Waals surface area (Å²) in [6.45, 7) is 8.67. The van der Waals surface area contributed by atoms with Crippen molar-refractivity contribution in [3.05, 3.63) is 94.3 Å². The number of nitrogens with two attached hydrogens (primary N) is 3. The molecule has 0 aliphatic carbocycles. The predicted octanol–water partition coefficient (Wildman–Crippen LogP) is -0.602. The average molecular weight is 1030 g/mol. The van der Waals surface area contributed by atoms with Crippen molar-refractivity contribution in [2.75, 3.05) is 46.4 Å². The first-order valence-electron chi connectivity index (χ1n) is 23.2. The summed E-state index contributed by atoms with van der Waals surface area (Å²) in [5, 5.41) is 45.6. The van der Waals surface area contributed by atoms with Gasteiger partial charge in [0, 0.05) is 49.8 Å². The number of aryl methyl sites for hydroxylation is 2.